The van der Waals surface area contributed by atoms with Crippen LogP contribution in [0.2, 0.25) is 0 Å². The number of aryl methyl sites for hydroxylation is 1. The number of aliphatic hydroxyl groups is 1. The van der Waals surface area contributed by atoms with Gasteiger partial charge in [-0.05, 0) is 33.6 Å². The summed E-state index contributed by atoms with van der Waals surface area (Å²) >= 11 is 0. The zero-order valence-corrected chi connectivity index (χ0v) is 11.9. The van der Waals surface area contributed by atoms with Crippen molar-refractivity contribution in [1.82, 2.24) is 9.97 Å². The maximum atomic E-state index is 9.34. The number of hydrogen-bond acceptors (Lipinski definition) is 5. The highest BCUT2D eigenvalue weighted by Crippen LogP contribution is 2.27. The molecule has 2 unspecified atom stereocenters. The van der Waals surface area contributed by atoms with Gasteiger partial charge in [-0.3, -0.25) is 0 Å². The zero-order chi connectivity index (χ0) is 13.8. The van der Waals surface area contributed by atoms with Gasteiger partial charge in [-0.15, -0.1) is 0 Å². The van der Waals surface area contributed by atoms with Crippen LogP contribution >= 0.6 is 0 Å². The van der Waals surface area contributed by atoms with Crippen LogP contribution in [-0.4, -0.2) is 33.8 Å². The van der Waals surface area contributed by atoms with Crippen molar-refractivity contribution in [2.24, 2.45) is 5.92 Å². The standard InChI is InChI=1S/C14H23N3O2/c1-9(2)19-13-7-10(3)15-14(17-13)16-12-6-4-5-11(12)8-18/h7,9,11-12,18H,4-6,8H2,1-3H3,(H,15,16,17). The highest BCUT2D eigenvalue weighted by atomic mass is 16.5. The molecule has 106 valence electrons. The number of rotatable bonds is 5. The molecular weight excluding hydrogens is 242 g/mol. The van der Waals surface area contributed by atoms with Gasteiger partial charge < -0.3 is 15.2 Å². The van der Waals surface area contributed by atoms with Gasteiger partial charge in [-0.25, -0.2) is 4.98 Å². The first-order valence-corrected chi connectivity index (χ1v) is 6.98. The van der Waals surface area contributed by atoms with E-state index in [1.54, 1.807) is 0 Å². The van der Waals surface area contributed by atoms with Gasteiger partial charge in [0.05, 0.1) is 6.10 Å². The lowest BCUT2D eigenvalue weighted by atomic mass is 10.1. The van der Waals surface area contributed by atoms with Crippen LogP contribution in [0.1, 0.15) is 38.8 Å². The van der Waals surface area contributed by atoms with E-state index in [2.05, 4.69) is 15.3 Å². The predicted octanol–water partition coefficient (Wildman–Crippen LogP) is 2.15. The molecule has 5 heteroatoms. The lowest BCUT2D eigenvalue weighted by Gasteiger charge is -2.19. The summed E-state index contributed by atoms with van der Waals surface area (Å²) in [6.45, 7) is 6.10. The van der Waals surface area contributed by atoms with Gasteiger partial charge in [-0.2, -0.15) is 4.98 Å². The molecule has 1 heterocycles. The molecule has 0 saturated heterocycles. The zero-order valence-electron chi connectivity index (χ0n) is 11.9. The fraction of sp³-hybridized carbons (Fsp3) is 0.714. The molecule has 1 fully saturated rings. The topological polar surface area (TPSA) is 67.3 Å². The third kappa shape index (κ3) is 3.80. The minimum atomic E-state index is 0.0961. The summed E-state index contributed by atoms with van der Waals surface area (Å²) in [4.78, 5) is 8.77. The summed E-state index contributed by atoms with van der Waals surface area (Å²) in [6, 6.07) is 2.10. The normalized spacial score (nSPS) is 22.8. The van der Waals surface area contributed by atoms with E-state index in [0.717, 1.165) is 25.0 Å². The van der Waals surface area contributed by atoms with Crippen LogP contribution in [0.5, 0.6) is 5.88 Å². The molecule has 0 aliphatic heterocycles. The smallest absolute Gasteiger partial charge is 0.226 e. The van der Waals surface area contributed by atoms with Crippen LogP contribution in [0.15, 0.2) is 6.07 Å². The Morgan fingerprint density at radius 3 is 2.89 bits per heavy atom. The number of aliphatic hydroxyl groups excluding tert-OH is 1. The molecule has 1 aromatic rings. The Kier molecular flexibility index (Phi) is 4.58. The lowest BCUT2D eigenvalue weighted by Crippen LogP contribution is -2.27. The summed E-state index contributed by atoms with van der Waals surface area (Å²) in [6.07, 6.45) is 3.36. The molecule has 0 amide bonds. The van der Waals surface area contributed by atoms with Crippen molar-refractivity contribution in [2.75, 3.05) is 11.9 Å². The maximum absolute atomic E-state index is 9.34. The van der Waals surface area contributed by atoms with Crippen LogP contribution in [0.4, 0.5) is 5.95 Å². The summed E-state index contributed by atoms with van der Waals surface area (Å²) in [5.41, 5.74) is 0.881. The summed E-state index contributed by atoms with van der Waals surface area (Å²) < 4.78 is 5.61. The summed E-state index contributed by atoms with van der Waals surface area (Å²) in [5.74, 6) is 1.50. The first-order chi connectivity index (χ1) is 9.08. The minimum absolute atomic E-state index is 0.0961. The quantitative estimate of drug-likeness (QED) is 0.854. The van der Waals surface area contributed by atoms with E-state index in [4.69, 9.17) is 4.74 Å². The minimum Gasteiger partial charge on any atom is -0.475 e. The molecule has 2 N–H and O–H groups in total. The molecule has 0 radical (unpaired) electrons. The lowest BCUT2D eigenvalue weighted by molar-refractivity contribution is 0.222. The Bertz CT molecular complexity index is 423. The van der Waals surface area contributed by atoms with Crippen molar-refractivity contribution in [3.05, 3.63) is 11.8 Å². The molecule has 2 atom stereocenters. The van der Waals surface area contributed by atoms with Gasteiger partial charge in [0.15, 0.2) is 0 Å². The van der Waals surface area contributed by atoms with Gasteiger partial charge in [0.2, 0.25) is 11.8 Å². The van der Waals surface area contributed by atoms with Crippen LogP contribution in [0.3, 0.4) is 0 Å². The molecule has 2 rings (SSSR count). The average molecular weight is 265 g/mol. The predicted molar refractivity (Wildman–Crippen MR) is 74.4 cm³/mol. The molecule has 1 aromatic heterocycles. The largest absolute Gasteiger partial charge is 0.475 e. The first kappa shape index (κ1) is 14.1. The molecule has 5 nitrogen and oxygen atoms in total. The number of anilines is 1. The number of ether oxygens (including phenoxy) is 1. The average Bonchev–Trinajstić information content (AvgIpc) is 2.74. The van der Waals surface area contributed by atoms with Gasteiger partial charge in [0, 0.05) is 30.3 Å². The Labute approximate surface area is 114 Å². The van der Waals surface area contributed by atoms with E-state index >= 15 is 0 Å². The number of nitrogens with zero attached hydrogens (tertiary/aromatic N) is 2. The van der Waals surface area contributed by atoms with E-state index in [1.807, 2.05) is 26.8 Å². The summed E-state index contributed by atoms with van der Waals surface area (Å²) in [7, 11) is 0. The van der Waals surface area contributed by atoms with E-state index < -0.39 is 0 Å². The van der Waals surface area contributed by atoms with E-state index in [-0.39, 0.29) is 18.8 Å². The molecular formula is C14H23N3O2. The third-order valence-corrected chi connectivity index (χ3v) is 3.40. The molecule has 19 heavy (non-hydrogen) atoms. The Morgan fingerprint density at radius 1 is 1.42 bits per heavy atom. The molecule has 0 spiro atoms. The van der Waals surface area contributed by atoms with Gasteiger partial charge in [0.25, 0.3) is 0 Å². The third-order valence-electron chi connectivity index (χ3n) is 3.40. The van der Waals surface area contributed by atoms with E-state index in [1.165, 1.54) is 0 Å². The molecule has 0 bridgehead atoms. The fourth-order valence-corrected chi connectivity index (χ4v) is 2.52. The SMILES string of the molecule is Cc1cc(OC(C)C)nc(NC2CCCC2CO)n1. The molecule has 1 saturated carbocycles. The summed E-state index contributed by atoms with van der Waals surface area (Å²) in [5, 5.41) is 12.7. The van der Waals surface area contributed by atoms with Crippen LogP contribution in [0.25, 0.3) is 0 Å². The number of aromatic nitrogens is 2. The van der Waals surface area contributed by atoms with Crippen molar-refractivity contribution in [3.8, 4) is 5.88 Å². The first-order valence-electron chi connectivity index (χ1n) is 6.98. The highest BCUT2D eigenvalue weighted by molar-refractivity contribution is 5.32. The fourth-order valence-electron chi connectivity index (χ4n) is 2.52. The van der Waals surface area contributed by atoms with Crippen LogP contribution in [0, 0.1) is 12.8 Å². The second-order valence-electron chi connectivity index (χ2n) is 5.46. The Morgan fingerprint density at radius 2 is 2.21 bits per heavy atom. The van der Waals surface area contributed by atoms with Crippen molar-refractivity contribution >= 4 is 5.95 Å². The second-order valence-corrected chi connectivity index (χ2v) is 5.46. The van der Waals surface area contributed by atoms with Gasteiger partial charge in [-0.1, -0.05) is 6.42 Å². The monoisotopic (exact) mass is 265 g/mol. The maximum Gasteiger partial charge on any atom is 0.226 e. The van der Waals surface area contributed by atoms with Crippen molar-refractivity contribution < 1.29 is 9.84 Å². The number of nitrogens with one attached hydrogen (secondary N) is 1. The van der Waals surface area contributed by atoms with Gasteiger partial charge >= 0.3 is 0 Å². The molecule has 1 aliphatic carbocycles. The van der Waals surface area contributed by atoms with Crippen molar-refractivity contribution in [2.45, 2.75) is 52.2 Å². The number of hydrogen-bond donors (Lipinski definition) is 2. The van der Waals surface area contributed by atoms with E-state index in [0.29, 0.717) is 17.7 Å². The highest BCUT2D eigenvalue weighted by Gasteiger charge is 2.27. The Hall–Kier alpha value is -1.36. The Balaban J connectivity index is 2.09. The van der Waals surface area contributed by atoms with Gasteiger partial charge in [0.1, 0.15) is 0 Å². The van der Waals surface area contributed by atoms with Crippen LogP contribution < -0.4 is 10.1 Å². The molecule has 0 aromatic carbocycles. The molecule has 1 aliphatic rings. The van der Waals surface area contributed by atoms with Crippen molar-refractivity contribution in [3.63, 3.8) is 0 Å². The van der Waals surface area contributed by atoms with E-state index in [9.17, 15) is 5.11 Å². The van der Waals surface area contributed by atoms with Crippen molar-refractivity contribution in [1.29, 1.82) is 0 Å². The second kappa shape index (κ2) is 6.19. The van der Waals surface area contributed by atoms with Crippen LogP contribution in [-0.2, 0) is 0 Å².